The van der Waals surface area contributed by atoms with Crippen LogP contribution in [0.4, 0.5) is 0 Å². The molecule has 0 bridgehead atoms. The zero-order chi connectivity index (χ0) is 21.3. The first-order chi connectivity index (χ1) is 13.3. The van der Waals surface area contributed by atoms with E-state index in [1.807, 2.05) is 21.1 Å². The summed E-state index contributed by atoms with van der Waals surface area (Å²) in [5.74, 6) is 0. The minimum Gasteiger partial charge on any atom is -0.590 e. The van der Waals surface area contributed by atoms with Crippen LogP contribution in [0.5, 0.6) is 0 Å². The van der Waals surface area contributed by atoms with Crippen LogP contribution in [0.25, 0.3) is 0 Å². The average Bonchev–Trinajstić information content (AvgIpc) is 2.62. The van der Waals surface area contributed by atoms with E-state index in [0.717, 1.165) is 38.5 Å². The van der Waals surface area contributed by atoms with E-state index in [4.69, 9.17) is 0 Å². The zero-order valence-corrected chi connectivity index (χ0v) is 20.6. The molecule has 0 aromatic carbocycles. The van der Waals surface area contributed by atoms with Crippen molar-refractivity contribution in [3.05, 3.63) is 12.2 Å². The van der Waals surface area contributed by atoms with Gasteiger partial charge >= 0.3 is 8.03 Å². The molecule has 0 saturated heterocycles. The number of nitrogens with zero attached hydrogens (tertiary/aromatic N) is 1. The van der Waals surface area contributed by atoms with Gasteiger partial charge in [0.2, 0.25) is 0 Å². The zero-order valence-electron chi connectivity index (χ0n) is 19.7. The highest BCUT2D eigenvalue weighted by Gasteiger charge is 2.53. The molecule has 28 heavy (non-hydrogen) atoms. The Morgan fingerprint density at radius 2 is 1.18 bits per heavy atom. The lowest BCUT2D eigenvalue weighted by Gasteiger charge is -2.39. The number of hydrogen-bond donors (Lipinski definition) is 0. The van der Waals surface area contributed by atoms with Crippen molar-refractivity contribution in [2.75, 3.05) is 21.1 Å². The minimum absolute atomic E-state index is 0.508. The number of rotatable bonds is 19. The maximum absolute atomic E-state index is 12.0. The third kappa shape index (κ3) is 11.7. The lowest BCUT2D eigenvalue weighted by molar-refractivity contribution is -0.910. The van der Waals surface area contributed by atoms with Gasteiger partial charge in [-0.2, -0.15) is 0 Å². The predicted octanol–water partition coefficient (Wildman–Crippen LogP) is 7.33. The van der Waals surface area contributed by atoms with Crippen LogP contribution >= 0.6 is 8.03 Å². The van der Waals surface area contributed by atoms with Crippen molar-refractivity contribution in [3.63, 3.8) is 0 Å². The van der Waals surface area contributed by atoms with Gasteiger partial charge in [-0.25, -0.2) is 0 Å². The Labute approximate surface area is 177 Å². The molecular formula is C24H49NO2P+. The van der Waals surface area contributed by atoms with E-state index >= 15 is 0 Å². The molecule has 0 radical (unpaired) electrons. The van der Waals surface area contributed by atoms with Crippen molar-refractivity contribution in [2.24, 2.45) is 0 Å². The van der Waals surface area contributed by atoms with Gasteiger partial charge in [-0.05, 0) is 38.5 Å². The van der Waals surface area contributed by atoms with Gasteiger partial charge in [0, 0.05) is 12.8 Å². The molecule has 4 heteroatoms. The molecule has 0 spiro atoms. The standard InChI is InChI=1S/C24H49NO2P/c1-6-8-9-10-11-12-13-14-15-16-17-18-19-20-21-23-24(22-7-2,28(26)27)25(3,4)5/h17-18H,6-16,19-23H2,1-5H3/q+1/b18-17-. The van der Waals surface area contributed by atoms with E-state index in [1.54, 1.807) is 0 Å². The summed E-state index contributed by atoms with van der Waals surface area (Å²) in [6, 6.07) is 0. The lowest BCUT2D eigenvalue weighted by Crippen LogP contribution is -2.55. The Morgan fingerprint density at radius 3 is 1.61 bits per heavy atom. The van der Waals surface area contributed by atoms with Gasteiger partial charge < -0.3 is 4.89 Å². The monoisotopic (exact) mass is 414 g/mol. The predicted molar refractivity (Wildman–Crippen MR) is 123 cm³/mol. The smallest absolute Gasteiger partial charge is 0.376 e. The van der Waals surface area contributed by atoms with Crippen LogP contribution in [0.2, 0.25) is 0 Å². The number of hydrogen-bond acceptors (Lipinski definition) is 2. The molecule has 0 aromatic rings. The molecule has 0 aromatic heterocycles. The van der Waals surface area contributed by atoms with E-state index < -0.39 is 13.3 Å². The molecule has 2 atom stereocenters. The van der Waals surface area contributed by atoms with Crippen LogP contribution < -0.4 is 4.89 Å². The molecule has 0 aliphatic rings. The van der Waals surface area contributed by atoms with E-state index in [9.17, 15) is 9.46 Å². The van der Waals surface area contributed by atoms with Crippen LogP contribution in [0.15, 0.2) is 12.2 Å². The van der Waals surface area contributed by atoms with Gasteiger partial charge in [-0.1, -0.05) is 81.9 Å². The summed E-state index contributed by atoms with van der Waals surface area (Å²) in [5.41, 5.74) is 0. The fraction of sp³-hybridized carbons (Fsp3) is 0.917. The number of unbranched alkanes of at least 4 members (excludes halogenated alkanes) is 11. The highest BCUT2D eigenvalue weighted by Crippen LogP contribution is 2.45. The van der Waals surface area contributed by atoms with Crippen molar-refractivity contribution in [3.8, 4) is 0 Å². The lowest BCUT2D eigenvalue weighted by atomic mass is 10.00. The summed E-state index contributed by atoms with van der Waals surface area (Å²) in [7, 11) is 3.63. The molecule has 0 fully saturated rings. The maximum atomic E-state index is 12.0. The summed E-state index contributed by atoms with van der Waals surface area (Å²) in [5, 5.41) is -0.607. The molecule has 0 heterocycles. The molecule has 166 valence electrons. The molecular weight excluding hydrogens is 365 g/mol. The topological polar surface area (TPSA) is 40.1 Å². The third-order valence-corrected chi connectivity index (χ3v) is 7.80. The maximum Gasteiger partial charge on any atom is 0.376 e. The van der Waals surface area contributed by atoms with Crippen LogP contribution in [0.1, 0.15) is 117 Å². The Bertz CT molecular complexity index is 417. The molecule has 0 saturated carbocycles. The van der Waals surface area contributed by atoms with Gasteiger partial charge in [0.1, 0.15) is 0 Å². The van der Waals surface area contributed by atoms with Gasteiger partial charge in [-0.15, -0.1) is 0 Å². The fourth-order valence-electron chi connectivity index (χ4n) is 4.10. The largest absolute Gasteiger partial charge is 0.590 e. The minimum atomic E-state index is -2.43. The Hall–Kier alpha value is -0.240. The fourth-order valence-corrected chi connectivity index (χ4v) is 5.34. The molecule has 2 unspecified atom stereocenters. The summed E-state index contributed by atoms with van der Waals surface area (Å²) >= 11 is 0. The highest BCUT2D eigenvalue weighted by atomic mass is 31.1. The Morgan fingerprint density at radius 1 is 0.714 bits per heavy atom. The first-order valence-electron chi connectivity index (χ1n) is 11.9. The van der Waals surface area contributed by atoms with Crippen molar-refractivity contribution >= 4 is 8.03 Å². The summed E-state index contributed by atoms with van der Waals surface area (Å²) in [4.78, 5) is 12.0. The average molecular weight is 415 g/mol. The van der Waals surface area contributed by atoms with Crippen LogP contribution in [0, 0.1) is 0 Å². The highest BCUT2D eigenvalue weighted by molar-refractivity contribution is 7.38. The molecule has 3 nitrogen and oxygen atoms in total. The van der Waals surface area contributed by atoms with Crippen molar-refractivity contribution in [1.82, 2.24) is 0 Å². The summed E-state index contributed by atoms with van der Waals surface area (Å²) < 4.78 is 12.6. The van der Waals surface area contributed by atoms with Crippen LogP contribution in [-0.4, -0.2) is 30.9 Å². The van der Waals surface area contributed by atoms with Gasteiger partial charge in [-0.3, -0.25) is 4.48 Å². The van der Waals surface area contributed by atoms with Crippen molar-refractivity contribution < 1.29 is 13.9 Å². The normalized spacial score (nSPS) is 15.1. The first kappa shape index (κ1) is 27.8. The molecule has 0 amide bonds. The molecule has 0 aliphatic carbocycles. The second-order valence-corrected chi connectivity index (χ2v) is 10.7. The first-order valence-corrected chi connectivity index (χ1v) is 13.1. The van der Waals surface area contributed by atoms with E-state index in [2.05, 4.69) is 26.0 Å². The quantitative estimate of drug-likeness (QED) is 0.0960. The number of allylic oxidation sites excluding steroid dienone is 2. The third-order valence-electron chi connectivity index (χ3n) is 6.08. The molecule has 0 N–H and O–H groups in total. The van der Waals surface area contributed by atoms with Crippen molar-refractivity contribution in [1.29, 1.82) is 0 Å². The van der Waals surface area contributed by atoms with E-state index in [1.165, 1.54) is 64.2 Å². The summed E-state index contributed by atoms with van der Waals surface area (Å²) in [6.45, 7) is 4.35. The Balaban J connectivity index is 3.84. The second kappa shape index (κ2) is 16.5. The van der Waals surface area contributed by atoms with E-state index in [-0.39, 0.29) is 0 Å². The van der Waals surface area contributed by atoms with Crippen LogP contribution in [-0.2, 0) is 4.57 Å². The molecule has 0 aliphatic heterocycles. The Kier molecular flexibility index (Phi) is 16.4. The summed E-state index contributed by atoms with van der Waals surface area (Å²) in [6.07, 6.45) is 23.9. The molecule has 0 rings (SSSR count). The van der Waals surface area contributed by atoms with Gasteiger partial charge in [0.05, 0.1) is 21.1 Å². The van der Waals surface area contributed by atoms with Gasteiger partial charge in [0.15, 0.2) is 0 Å². The SMILES string of the molecule is CCCCCCCCCCC/C=C\CCCCC(CCC)([P+](=O)[O-])[N+](C)(C)C. The number of quaternary nitrogens is 1. The van der Waals surface area contributed by atoms with E-state index in [0.29, 0.717) is 4.48 Å². The van der Waals surface area contributed by atoms with Crippen LogP contribution in [0.3, 0.4) is 0 Å². The second-order valence-electron chi connectivity index (χ2n) is 9.34. The van der Waals surface area contributed by atoms with Crippen molar-refractivity contribution in [2.45, 2.75) is 122 Å². The van der Waals surface area contributed by atoms with Gasteiger partial charge in [0.25, 0.3) is 5.28 Å².